The van der Waals surface area contributed by atoms with E-state index in [9.17, 15) is 0 Å². The molecule has 0 spiro atoms. The highest BCUT2D eigenvalue weighted by Gasteiger charge is 2.02. The Hall–Kier alpha value is -1.13. The van der Waals surface area contributed by atoms with Crippen molar-refractivity contribution >= 4 is 5.82 Å². The third-order valence-corrected chi connectivity index (χ3v) is 1.94. The van der Waals surface area contributed by atoms with E-state index in [0.29, 0.717) is 19.0 Å². The minimum atomic E-state index is 0.0995. The summed E-state index contributed by atoms with van der Waals surface area (Å²) in [6, 6.07) is 3.68. The number of nitrogen functional groups attached to an aromatic ring is 1. The van der Waals surface area contributed by atoms with Gasteiger partial charge in [-0.25, -0.2) is 4.98 Å². The van der Waals surface area contributed by atoms with E-state index in [0.717, 1.165) is 12.2 Å². The van der Waals surface area contributed by atoms with Crippen LogP contribution in [0.1, 0.15) is 19.4 Å². The molecule has 0 aliphatic rings. The van der Waals surface area contributed by atoms with Gasteiger partial charge in [0.2, 0.25) is 0 Å². The second-order valence-electron chi connectivity index (χ2n) is 3.37. The summed E-state index contributed by atoms with van der Waals surface area (Å²) in [5, 5.41) is 0. The number of hydrogen-bond donors (Lipinski definition) is 1. The average Bonchev–Trinajstić information content (AvgIpc) is 2.25. The van der Waals surface area contributed by atoms with Crippen molar-refractivity contribution in [3.63, 3.8) is 0 Å². The first kappa shape index (κ1) is 11.9. The lowest BCUT2D eigenvalue weighted by Gasteiger charge is -2.12. The highest BCUT2D eigenvalue weighted by Crippen LogP contribution is 2.04. The first-order valence-corrected chi connectivity index (χ1v) is 5.12. The normalized spacial score (nSPS) is 12.7. The molecule has 1 atom stereocenters. The van der Waals surface area contributed by atoms with Gasteiger partial charge in [0.1, 0.15) is 5.82 Å². The molecule has 0 aliphatic heterocycles. The molecule has 0 saturated carbocycles. The van der Waals surface area contributed by atoms with Crippen molar-refractivity contribution < 1.29 is 9.47 Å². The zero-order valence-electron chi connectivity index (χ0n) is 9.27. The van der Waals surface area contributed by atoms with Gasteiger partial charge in [-0.2, -0.15) is 0 Å². The molecule has 2 N–H and O–H groups in total. The lowest BCUT2D eigenvalue weighted by molar-refractivity contribution is -0.0117. The van der Waals surface area contributed by atoms with Crippen LogP contribution >= 0.6 is 0 Å². The van der Waals surface area contributed by atoms with E-state index in [1.165, 1.54) is 0 Å². The fourth-order valence-corrected chi connectivity index (χ4v) is 1.09. The maximum absolute atomic E-state index is 5.56. The van der Waals surface area contributed by atoms with Gasteiger partial charge < -0.3 is 15.2 Å². The molecule has 4 heteroatoms. The Morgan fingerprint density at radius 2 is 2.27 bits per heavy atom. The molecule has 84 valence electrons. The molecule has 0 aromatic carbocycles. The third kappa shape index (κ3) is 4.76. The first-order valence-electron chi connectivity index (χ1n) is 5.12. The number of anilines is 1. The highest BCUT2D eigenvalue weighted by atomic mass is 16.5. The van der Waals surface area contributed by atoms with Crippen molar-refractivity contribution in [2.45, 2.75) is 26.6 Å². The number of aromatic nitrogens is 1. The summed E-state index contributed by atoms with van der Waals surface area (Å²) in [4.78, 5) is 3.99. The fourth-order valence-electron chi connectivity index (χ4n) is 1.09. The lowest BCUT2D eigenvalue weighted by atomic mass is 10.3. The van der Waals surface area contributed by atoms with Crippen molar-refractivity contribution in [1.82, 2.24) is 4.98 Å². The van der Waals surface area contributed by atoms with E-state index in [4.69, 9.17) is 15.2 Å². The zero-order chi connectivity index (χ0) is 11.1. The average molecular weight is 210 g/mol. The van der Waals surface area contributed by atoms with Crippen LogP contribution in [0.15, 0.2) is 18.3 Å². The molecular formula is C11H18N2O2. The van der Waals surface area contributed by atoms with Crippen LogP contribution in [0.4, 0.5) is 5.82 Å². The Balaban J connectivity index is 2.27. The predicted molar refractivity (Wildman–Crippen MR) is 59.4 cm³/mol. The summed E-state index contributed by atoms with van der Waals surface area (Å²) in [5.41, 5.74) is 6.50. The van der Waals surface area contributed by atoms with Crippen LogP contribution in [0.2, 0.25) is 0 Å². The predicted octanol–water partition coefficient (Wildman–Crippen LogP) is 1.61. The summed E-state index contributed by atoms with van der Waals surface area (Å²) in [6.45, 7) is 5.84. The molecule has 0 saturated heterocycles. The van der Waals surface area contributed by atoms with Crippen molar-refractivity contribution in [2.75, 3.05) is 18.9 Å². The molecule has 0 radical (unpaired) electrons. The van der Waals surface area contributed by atoms with Crippen molar-refractivity contribution in [3.05, 3.63) is 23.9 Å². The van der Waals surface area contributed by atoms with Crippen molar-refractivity contribution in [3.8, 4) is 0 Å². The quantitative estimate of drug-likeness (QED) is 0.775. The van der Waals surface area contributed by atoms with Gasteiger partial charge in [0.15, 0.2) is 0 Å². The first-order chi connectivity index (χ1) is 7.22. The van der Waals surface area contributed by atoms with Gasteiger partial charge in [0.25, 0.3) is 0 Å². The minimum Gasteiger partial charge on any atom is -0.384 e. The number of nitrogens with zero attached hydrogens (tertiary/aromatic N) is 1. The van der Waals surface area contributed by atoms with E-state index >= 15 is 0 Å². The Kier molecular flexibility index (Phi) is 5.07. The molecule has 1 rings (SSSR count). The third-order valence-electron chi connectivity index (χ3n) is 1.94. The largest absolute Gasteiger partial charge is 0.384 e. The van der Waals surface area contributed by atoms with E-state index in [-0.39, 0.29) is 6.10 Å². The molecule has 1 heterocycles. The Morgan fingerprint density at radius 3 is 2.87 bits per heavy atom. The van der Waals surface area contributed by atoms with Crippen LogP contribution in [-0.2, 0) is 16.1 Å². The zero-order valence-corrected chi connectivity index (χ0v) is 9.27. The topological polar surface area (TPSA) is 57.4 Å². The molecular weight excluding hydrogens is 192 g/mol. The molecule has 0 aliphatic carbocycles. The van der Waals surface area contributed by atoms with Gasteiger partial charge in [-0.15, -0.1) is 0 Å². The van der Waals surface area contributed by atoms with Gasteiger partial charge in [0.05, 0.1) is 19.3 Å². The number of nitrogens with two attached hydrogens (primary N) is 1. The van der Waals surface area contributed by atoms with E-state index < -0.39 is 0 Å². The summed E-state index contributed by atoms with van der Waals surface area (Å²) in [6.07, 6.45) is 1.82. The van der Waals surface area contributed by atoms with Gasteiger partial charge >= 0.3 is 0 Å². The van der Waals surface area contributed by atoms with Crippen LogP contribution in [0.5, 0.6) is 0 Å². The van der Waals surface area contributed by atoms with E-state index in [1.807, 2.05) is 19.9 Å². The maximum Gasteiger partial charge on any atom is 0.123 e. The maximum atomic E-state index is 5.56. The number of hydrogen-bond acceptors (Lipinski definition) is 4. The van der Waals surface area contributed by atoms with Crippen LogP contribution in [0, 0.1) is 0 Å². The van der Waals surface area contributed by atoms with E-state index in [1.54, 1.807) is 12.3 Å². The Labute approximate surface area is 90.4 Å². The highest BCUT2D eigenvalue weighted by molar-refractivity contribution is 5.28. The SMILES string of the molecule is CCOCC(C)OCc1ccc(N)nc1. The second kappa shape index (κ2) is 6.37. The van der Waals surface area contributed by atoms with Gasteiger partial charge in [-0.3, -0.25) is 0 Å². The number of pyridine rings is 1. The Bertz CT molecular complexity index is 274. The molecule has 4 nitrogen and oxygen atoms in total. The Morgan fingerprint density at radius 1 is 1.47 bits per heavy atom. The molecule has 0 fully saturated rings. The lowest BCUT2D eigenvalue weighted by Crippen LogP contribution is -2.15. The van der Waals surface area contributed by atoms with Gasteiger partial charge in [0, 0.05) is 12.8 Å². The summed E-state index contributed by atoms with van der Waals surface area (Å²) in [7, 11) is 0. The van der Waals surface area contributed by atoms with Crippen LogP contribution in [-0.4, -0.2) is 24.3 Å². The van der Waals surface area contributed by atoms with Gasteiger partial charge in [-0.05, 0) is 25.5 Å². The van der Waals surface area contributed by atoms with Crippen LogP contribution in [0.25, 0.3) is 0 Å². The molecule has 0 amide bonds. The fraction of sp³-hybridized carbons (Fsp3) is 0.545. The molecule has 1 aromatic heterocycles. The smallest absolute Gasteiger partial charge is 0.123 e. The van der Waals surface area contributed by atoms with Crippen molar-refractivity contribution in [2.24, 2.45) is 0 Å². The van der Waals surface area contributed by atoms with Crippen LogP contribution in [0.3, 0.4) is 0 Å². The molecule has 0 bridgehead atoms. The number of rotatable bonds is 6. The molecule has 1 unspecified atom stereocenters. The molecule has 15 heavy (non-hydrogen) atoms. The minimum absolute atomic E-state index is 0.0995. The molecule has 1 aromatic rings. The monoisotopic (exact) mass is 210 g/mol. The van der Waals surface area contributed by atoms with Crippen LogP contribution < -0.4 is 5.73 Å². The standard InChI is InChI=1S/C11H18N2O2/c1-3-14-7-9(2)15-8-10-4-5-11(12)13-6-10/h4-6,9H,3,7-8H2,1-2H3,(H2,12,13). The van der Waals surface area contributed by atoms with Crippen molar-refractivity contribution in [1.29, 1.82) is 0 Å². The second-order valence-corrected chi connectivity index (χ2v) is 3.37. The van der Waals surface area contributed by atoms with Gasteiger partial charge in [-0.1, -0.05) is 6.07 Å². The van der Waals surface area contributed by atoms with E-state index in [2.05, 4.69) is 4.98 Å². The summed E-state index contributed by atoms with van der Waals surface area (Å²) in [5.74, 6) is 0.529. The summed E-state index contributed by atoms with van der Waals surface area (Å²) >= 11 is 0. The summed E-state index contributed by atoms with van der Waals surface area (Å²) < 4.78 is 10.8. The number of ether oxygens (including phenoxy) is 2.